The van der Waals surface area contributed by atoms with Gasteiger partial charge >= 0.3 is 0 Å². The Kier molecular flexibility index (Phi) is 7.63. The number of nitrogens with zero attached hydrogens (tertiary/aromatic N) is 2. The van der Waals surface area contributed by atoms with E-state index in [9.17, 15) is 9.59 Å². The first kappa shape index (κ1) is 24.0. The third kappa shape index (κ3) is 5.47. The molecule has 3 aromatic rings. The second-order valence-electron chi connectivity index (χ2n) is 9.12. The van der Waals surface area contributed by atoms with Crippen molar-refractivity contribution >= 4 is 22.9 Å². The van der Waals surface area contributed by atoms with Crippen molar-refractivity contribution in [3.63, 3.8) is 0 Å². The third-order valence-electron chi connectivity index (χ3n) is 6.71. The highest BCUT2D eigenvalue weighted by molar-refractivity contribution is 5.97. The van der Waals surface area contributed by atoms with Crippen LogP contribution in [0.1, 0.15) is 42.1 Å². The topological polar surface area (TPSA) is 84.7 Å². The van der Waals surface area contributed by atoms with Crippen molar-refractivity contribution in [2.45, 2.75) is 33.1 Å². The van der Waals surface area contributed by atoms with E-state index < -0.39 is 0 Å². The number of piperidine rings is 1. The van der Waals surface area contributed by atoms with Gasteiger partial charge in [0, 0.05) is 50.4 Å². The minimum atomic E-state index is -0.0635. The molecule has 2 heterocycles. The van der Waals surface area contributed by atoms with Gasteiger partial charge in [0.15, 0.2) is 5.58 Å². The van der Waals surface area contributed by atoms with Crippen molar-refractivity contribution in [2.24, 2.45) is 11.8 Å². The second kappa shape index (κ2) is 10.8. The summed E-state index contributed by atoms with van der Waals surface area (Å²) in [7, 11) is 1.66. The summed E-state index contributed by atoms with van der Waals surface area (Å²) in [6.07, 6.45) is 2.45. The molecule has 0 saturated carbocycles. The Morgan fingerprint density at radius 2 is 1.91 bits per heavy atom. The average Bonchev–Trinajstić information content (AvgIpc) is 3.29. The fourth-order valence-electron chi connectivity index (χ4n) is 4.47. The predicted octanol–water partition coefficient (Wildman–Crippen LogP) is 4.44. The number of fused-ring (bicyclic) bond motifs is 1. The molecule has 180 valence electrons. The normalized spacial score (nSPS) is 15.4. The fraction of sp³-hybridized carbons (Fsp3) is 0.444. The van der Waals surface area contributed by atoms with Crippen LogP contribution in [0.25, 0.3) is 22.6 Å². The van der Waals surface area contributed by atoms with Gasteiger partial charge in [-0.05, 0) is 62.4 Å². The van der Waals surface area contributed by atoms with Crippen LogP contribution in [-0.4, -0.2) is 55.0 Å². The summed E-state index contributed by atoms with van der Waals surface area (Å²) in [4.78, 5) is 32.1. The van der Waals surface area contributed by atoms with E-state index in [0.717, 1.165) is 24.8 Å². The van der Waals surface area contributed by atoms with Gasteiger partial charge in [-0.3, -0.25) is 9.59 Å². The first-order valence-corrected chi connectivity index (χ1v) is 12.0. The summed E-state index contributed by atoms with van der Waals surface area (Å²) < 4.78 is 10.9. The van der Waals surface area contributed by atoms with Crippen LogP contribution in [0.15, 0.2) is 46.9 Å². The lowest BCUT2D eigenvalue weighted by molar-refractivity contribution is -0.126. The van der Waals surface area contributed by atoms with Crippen molar-refractivity contribution in [1.82, 2.24) is 15.2 Å². The number of rotatable bonds is 8. The maximum absolute atomic E-state index is 13.1. The molecule has 0 bridgehead atoms. The maximum Gasteiger partial charge on any atom is 0.253 e. The summed E-state index contributed by atoms with van der Waals surface area (Å²) >= 11 is 0. The quantitative estimate of drug-likeness (QED) is 0.499. The van der Waals surface area contributed by atoms with E-state index in [-0.39, 0.29) is 23.7 Å². The molecule has 1 saturated heterocycles. The van der Waals surface area contributed by atoms with Gasteiger partial charge < -0.3 is 19.4 Å². The van der Waals surface area contributed by atoms with Crippen molar-refractivity contribution in [3.8, 4) is 11.5 Å². The number of ether oxygens (including phenoxy) is 1. The van der Waals surface area contributed by atoms with E-state index in [1.165, 1.54) is 5.56 Å². The summed E-state index contributed by atoms with van der Waals surface area (Å²) in [6.45, 7) is 6.59. The maximum atomic E-state index is 13.1. The summed E-state index contributed by atoms with van der Waals surface area (Å²) in [5.74, 6) is 0.849. The molecule has 0 spiro atoms. The molecular weight excluding hydrogens is 430 g/mol. The standard InChI is InChI=1S/C27H33N3O4/c1-18-5-7-21(8-6-18)26-29-23-17-22(9-10-24(23)34-26)27(32)30-14-11-20(12-15-30)19(2)25(31)28-13-4-16-33-3/h5-10,17,19-20H,4,11-16H2,1-3H3,(H,28,31)/t19-/m1/s1. The molecule has 1 N–H and O–H groups in total. The van der Waals surface area contributed by atoms with Gasteiger partial charge in [-0.1, -0.05) is 24.6 Å². The first-order valence-electron chi connectivity index (χ1n) is 12.0. The van der Waals surface area contributed by atoms with E-state index in [1.54, 1.807) is 19.2 Å². The van der Waals surface area contributed by atoms with Crippen LogP contribution in [0.3, 0.4) is 0 Å². The Morgan fingerprint density at radius 3 is 2.62 bits per heavy atom. The van der Waals surface area contributed by atoms with Crippen molar-refractivity contribution in [3.05, 3.63) is 53.6 Å². The van der Waals surface area contributed by atoms with Crippen LogP contribution in [0.4, 0.5) is 0 Å². The van der Waals surface area contributed by atoms with E-state index in [4.69, 9.17) is 9.15 Å². The number of hydrogen-bond donors (Lipinski definition) is 1. The molecule has 2 amide bonds. The molecule has 1 fully saturated rings. The number of methoxy groups -OCH3 is 1. The molecular formula is C27H33N3O4. The molecule has 4 rings (SSSR count). The molecule has 1 aliphatic rings. The molecule has 2 aromatic carbocycles. The largest absolute Gasteiger partial charge is 0.436 e. The zero-order valence-electron chi connectivity index (χ0n) is 20.2. The minimum Gasteiger partial charge on any atom is -0.436 e. The number of nitrogens with one attached hydrogen (secondary N) is 1. The molecule has 7 heteroatoms. The first-order chi connectivity index (χ1) is 16.5. The number of amides is 2. The molecule has 0 radical (unpaired) electrons. The Morgan fingerprint density at radius 1 is 1.18 bits per heavy atom. The molecule has 7 nitrogen and oxygen atoms in total. The SMILES string of the molecule is COCCCNC(=O)[C@H](C)C1CCN(C(=O)c2ccc3oc(-c4ccc(C)cc4)nc3c2)CC1. The van der Waals surface area contributed by atoms with Crippen LogP contribution < -0.4 is 5.32 Å². The van der Waals surface area contributed by atoms with Gasteiger partial charge in [0.25, 0.3) is 5.91 Å². The van der Waals surface area contributed by atoms with Gasteiger partial charge in [-0.15, -0.1) is 0 Å². The van der Waals surface area contributed by atoms with Crippen molar-refractivity contribution in [1.29, 1.82) is 0 Å². The zero-order valence-corrected chi connectivity index (χ0v) is 20.2. The summed E-state index contributed by atoms with van der Waals surface area (Å²) in [5.41, 5.74) is 4.03. The minimum absolute atomic E-state index is 0.00286. The fourth-order valence-corrected chi connectivity index (χ4v) is 4.47. The lowest BCUT2D eigenvalue weighted by atomic mass is 9.84. The highest BCUT2D eigenvalue weighted by Gasteiger charge is 2.30. The predicted molar refractivity (Wildman–Crippen MR) is 131 cm³/mol. The molecule has 0 aliphatic carbocycles. The van der Waals surface area contributed by atoms with Crippen LogP contribution in [0, 0.1) is 18.8 Å². The number of oxazole rings is 1. The van der Waals surface area contributed by atoms with Gasteiger partial charge in [0.05, 0.1) is 0 Å². The Hall–Kier alpha value is -3.19. The number of likely N-dealkylation sites (tertiary alicyclic amines) is 1. The van der Waals surface area contributed by atoms with Crippen LogP contribution in [0.5, 0.6) is 0 Å². The van der Waals surface area contributed by atoms with Gasteiger partial charge in [-0.25, -0.2) is 4.98 Å². The monoisotopic (exact) mass is 463 g/mol. The number of carbonyl (C=O) groups is 2. The number of carbonyl (C=O) groups excluding carboxylic acids is 2. The number of hydrogen-bond acceptors (Lipinski definition) is 5. The Labute approximate surface area is 200 Å². The highest BCUT2D eigenvalue weighted by atomic mass is 16.5. The molecule has 0 unspecified atom stereocenters. The van der Waals surface area contributed by atoms with E-state index in [0.29, 0.717) is 48.8 Å². The number of benzene rings is 2. The lowest BCUT2D eigenvalue weighted by Crippen LogP contribution is -2.42. The van der Waals surface area contributed by atoms with E-state index in [2.05, 4.69) is 10.3 Å². The van der Waals surface area contributed by atoms with E-state index in [1.807, 2.05) is 49.1 Å². The zero-order chi connectivity index (χ0) is 24.1. The van der Waals surface area contributed by atoms with Crippen LogP contribution >= 0.6 is 0 Å². The van der Waals surface area contributed by atoms with E-state index >= 15 is 0 Å². The van der Waals surface area contributed by atoms with Crippen molar-refractivity contribution < 1.29 is 18.7 Å². The molecule has 1 atom stereocenters. The average molecular weight is 464 g/mol. The smallest absolute Gasteiger partial charge is 0.253 e. The second-order valence-corrected chi connectivity index (χ2v) is 9.12. The Balaban J connectivity index is 1.35. The third-order valence-corrected chi connectivity index (χ3v) is 6.71. The summed E-state index contributed by atoms with van der Waals surface area (Å²) in [6, 6.07) is 13.4. The van der Waals surface area contributed by atoms with Crippen LogP contribution in [-0.2, 0) is 9.53 Å². The van der Waals surface area contributed by atoms with Gasteiger partial charge in [0.2, 0.25) is 11.8 Å². The van der Waals surface area contributed by atoms with Gasteiger partial charge in [-0.2, -0.15) is 0 Å². The van der Waals surface area contributed by atoms with Crippen molar-refractivity contribution in [2.75, 3.05) is 33.4 Å². The molecule has 1 aromatic heterocycles. The summed E-state index contributed by atoms with van der Waals surface area (Å²) in [5, 5.41) is 2.99. The lowest BCUT2D eigenvalue weighted by Gasteiger charge is -2.34. The number of aryl methyl sites for hydroxylation is 1. The number of aromatic nitrogens is 1. The Bertz CT molecular complexity index is 1130. The highest BCUT2D eigenvalue weighted by Crippen LogP contribution is 2.28. The molecule has 34 heavy (non-hydrogen) atoms. The van der Waals surface area contributed by atoms with Gasteiger partial charge in [0.1, 0.15) is 5.52 Å². The van der Waals surface area contributed by atoms with Crippen LogP contribution in [0.2, 0.25) is 0 Å². The molecule has 1 aliphatic heterocycles.